The smallest absolute Gasteiger partial charge is 0.254 e. The summed E-state index contributed by atoms with van der Waals surface area (Å²) in [5.74, 6) is -1.38. The van der Waals surface area contributed by atoms with E-state index in [0.29, 0.717) is 30.8 Å². The van der Waals surface area contributed by atoms with Gasteiger partial charge >= 0.3 is 0 Å². The third-order valence-electron chi connectivity index (χ3n) is 4.26. The third-order valence-corrected chi connectivity index (χ3v) is 4.26. The SMILES string of the molecule is C[C@@H](NC(=O)CCNC(=O)c1ccc(F)cc1F)c1ccc2c(c1)OCCO2. The molecule has 1 aliphatic heterocycles. The molecule has 0 saturated carbocycles. The Morgan fingerprint density at radius 3 is 2.57 bits per heavy atom. The van der Waals surface area contributed by atoms with Gasteiger partial charge in [-0.2, -0.15) is 0 Å². The molecule has 1 aliphatic rings. The first kappa shape index (κ1) is 19.6. The van der Waals surface area contributed by atoms with Gasteiger partial charge < -0.3 is 20.1 Å². The summed E-state index contributed by atoms with van der Waals surface area (Å²) >= 11 is 0. The summed E-state index contributed by atoms with van der Waals surface area (Å²) < 4.78 is 37.4. The number of carbonyl (C=O) groups is 2. The van der Waals surface area contributed by atoms with Gasteiger partial charge in [-0.05, 0) is 36.8 Å². The average molecular weight is 390 g/mol. The average Bonchev–Trinajstić information content (AvgIpc) is 2.67. The van der Waals surface area contributed by atoms with E-state index in [1.54, 1.807) is 6.07 Å². The molecule has 2 N–H and O–H groups in total. The van der Waals surface area contributed by atoms with Gasteiger partial charge in [0.15, 0.2) is 11.5 Å². The second kappa shape index (κ2) is 8.69. The van der Waals surface area contributed by atoms with E-state index in [1.807, 2.05) is 19.1 Å². The predicted molar refractivity (Wildman–Crippen MR) is 97.3 cm³/mol. The maximum Gasteiger partial charge on any atom is 0.254 e. The molecule has 0 spiro atoms. The predicted octanol–water partition coefficient (Wildman–Crippen LogP) is 2.73. The molecule has 3 rings (SSSR count). The highest BCUT2D eigenvalue weighted by Crippen LogP contribution is 2.32. The summed E-state index contributed by atoms with van der Waals surface area (Å²) in [4.78, 5) is 24.0. The zero-order chi connectivity index (χ0) is 20.1. The van der Waals surface area contributed by atoms with Gasteiger partial charge in [0, 0.05) is 19.0 Å². The Hall–Kier alpha value is -3.16. The number of benzene rings is 2. The van der Waals surface area contributed by atoms with Gasteiger partial charge in [-0.25, -0.2) is 8.78 Å². The number of carbonyl (C=O) groups excluding carboxylic acids is 2. The van der Waals surface area contributed by atoms with Gasteiger partial charge in [0.25, 0.3) is 5.91 Å². The van der Waals surface area contributed by atoms with E-state index in [2.05, 4.69) is 10.6 Å². The summed E-state index contributed by atoms with van der Waals surface area (Å²) in [5, 5.41) is 5.27. The van der Waals surface area contributed by atoms with Crippen LogP contribution in [0.25, 0.3) is 0 Å². The number of rotatable bonds is 6. The minimum absolute atomic E-state index is 0.0173. The van der Waals surface area contributed by atoms with Crippen LogP contribution in [0.2, 0.25) is 0 Å². The molecule has 0 saturated heterocycles. The number of hydrogen-bond donors (Lipinski definition) is 2. The van der Waals surface area contributed by atoms with Gasteiger partial charge in [-0.1, -0.05) is 6.07 Å². The topological polar surface area (TPSA) is 76.7 Å². The van der Waals surface area contributed by atoms with Crippen LogP contribution in [-0.2, 0) is 4.79 Å². The molecule has 8 heteroatoms. The largest absolute Gasteiger partial charge is 0.486 e. The van der Waals surface area contributed by atoms with E-state index >= 15 is 0 Å². The highest BCUT2D eigenvalue weighted by Gasteiger charge is 2.16. The van der Waals surface area contributed by atoms with Gasteiger partial charge in [0.05, 0.1) is 11.6 Å². The maximum atomic E-state index is 13.6. The Labute approximate surface area is 160 Å². The van der Waals surface area contributed by atoms with E-state index in [-0.39, 0.29) is 30.5 Å². The molecule has 0 aromatic heterocycles. The van der Waals surface area contributed by atoms with Crippen molar-refractivity contribution in [3.63, 3.8) is 0 Å². The monoisotopic (exact) mass is 390 g/mol. The van der Waals surface area contributed by atoms with Crippen molar-refractivity contribution < 1.29 is 27.8 Å². The number of halogens is 2. The molecule has 2 aromatic rings. The maximum absolute atomic E-state index is 13.6. The summed E-state index contributed by atoms with van der Waals surface area (Å²) in [6.07, 6.45) is 0.0173. The van der Waals surface area contributed by atoms with Crippen LogP contribution in [0.4, 0.5) is 8.78 Å². The van der Waals surface area contributed by atoms with Crippen molar-refractivity contribution >= 4 is 11.8 Å². The van der Waals surface area contributed by atoms with E-state index < -0.39 is 17.5 Å². The fraction of sp³-hybridized carbons (Fsp3) is 0.300. The first-order valence-electron chi connectivity index (χ1n) is 8.86. The van der Waals surface area contributed by atoms with Gasteiger partial charge in [0.2, 0.25) is 5.91 Å². The van der Waals surface area contributed by atoms with E-state index in [4.69, 9.17) is 9.47 Å². The molecule has 0 fully saturated rings. The van der Waals surface area contributed by atoms with Crippen LogP contribution in [0.1, 0.15) is 35.3 Å². The Kier molecular flexibility index (Phi) is 6.08. The number of fused-ring (bicyclic) bond motifs is 1. The number of nitrogens with one attached hydrogen (secondary N) is 2. The summed E-state index contributed by atoms with van der Waals surface area (Å²) in [6.45, 7) is 2.84. The first-order chi connectivity index (χ1) is 13.4. The molecule has 2 amide bonds. The van der Waals surface area contributed by atoms with Crippen LogP contribution in [0.15, 0.2) is 36.4 Å². The summed E-state index contributed by atoms with van der Waals surface area (Å²) in [7, 11) is 0. The molecule has 0 aliphatic carbocycles. The molecule has 28 heavy (non-hydrogen) atoms. The van der Waals surface area contributed by atoms with Crippen molar-refractivity contribution in [3.05, 3.63) is 59.2 Å². The lowest BCUT2D eigenvalue weighted by Crippen LogP contribution is -2.32. The molecule has 0 bridgehead atoms. The minimum atomic E-state index is -0.950. The lowest BCUT2D eigenvalue weighted by molar-refractivity contribution is -0.121. The normalized spacial score (nSPS) is 13.5. The van der Waals surface area contributed by atoms with Crippen LogP contribution in [0.5, 0.6) is 11.5 Å². The standard InChI is InChI=1S/C20H20F2N2O4/c1-12(13-2-5-17-18(10-13)28-9-8-27-17)24-19(25)6-7-23-20(26)15-4-3-14(21)11-16(15)22/h2-5,10-12H,6-9H2,1H3,(H,23,26)(H,24,25)/t12-/m1/s1. The molecule has 2 aromatic carbocycles. The number of ether oxygens (including phenoxy) is 2. The second-order valence-electron chi connectivity index (χ2n) is 6.32. The summed E-state index contributed by atoms with van der Waals surface area (Å²) in [5.41, 5.74) is 0.585. The lowest BCUT2D eigenvalue weighted by Gasteiger charge is -2.21. The molecule has 148 valence electrons. The molecule has 0 radical (unpaired) electrons. The van der Waals surface area contributed by atoms with Crippen molar-refractivity contribution in [1.29, 1.82) is 0 Å². The second-order valence-corrected chi connectivity index (χ2v) is 6.32. The molecule has 0 unspecified atom stereocenters. The Balaban J connectivity index is 1.48. The van der Waals surface area contributed by atoms with Crippen LogP contribution >= 0.6 is 0 Å². The van der Waals surface area contributed by atoms with Gasteiger partial charge in [-0.15, -0.1) is 0 Å². The summed E-state index contributed by atoms with van der Waals surface area (Å²) in [6, 6.07) is 7.88. The van der Waals surface area contributed by atoms with Crippen LogP contribution < -0.4 is 20.1 Å². The quantitative estimate of drug-likeness (QED) is 0.795. The van der Waals surface area contributed by atoms with E-state index in [1.165, 1.54) is 0 Å². The van der Waals surface area contributed by atoms with Crippen LogP contribution in [0, 0.1) is 11.6 Å². The van der Waals surface area contributed by atoms with Crippen molar-refractivity contribution in [3.8, 4) is 11.5 Å². The molecule has 6 nitrogen and oxygen atoms in total. The van der Waals surface area contributed by atoms with Crippen LogP contribution in [-0.4, -0.2) is 31.6 Å². The molecular formula is C20H20F2N2O4. The highest BCUT2D eigenvalue weighted by atomic mass is 19.1. The number of hydrogen-bond acceptors (Lipinski definition) is 4. The Morgan fingerprint density at radius 2 is 1.82 bits per heavy atom. The first-order valence-corrected chi connectivity index (χ1v) is 8.86. The highest BCUT2D eigenvalue weighted by molar-refractivity contribution is 5.94. The molecule has 1 atom stereocenters. The lowest BCUT2D eigenvalue weighted by atomic mass is 10.1. The number of amides is 2. The zero-order valence-electron chi connectivity index (χ0n) is 15.3. The van der Waals surface area contributed by atoms with Gasteiger partial charge in [0.1, 0.15) is 24.8 Å². The van der Waals surface area contributed by atoms with Crippen molar-refractivity contribution in [2.45, 2.75) is 19.4 Å². The van der Waals surface area contributed by atoms with E-state index in [0.717, 1.165) is 17.7 Å². The van der Waals surface area contributed by atoms with E-state index in [9.17, 15) is 18.4 Å². The molecular weight excluding hydrogens is 370 g/mol. The Morgan fingerprint density at radius 1 is 1.07 bits per heavy atom. The van der Waals surface area contributed by atoms with Gasteiger partial charge in [-0.3, -0.25) is 9.59 Å². The fourth-order valence-electron chi connectivity index (χ4n) is 2.78. The van der Waals surface area contributed by atoms with Crippen molar-refractivity contribution in [2.75, 3.05) is 19.8 Å². The minimum Gasteiger partial charge on any atom is -0.486 e. The fourth-order valence-corrected chi connectivity index (χ4v) is 2.78. The third kappa shape index (κ3) is 4.76. The zero-order valence-corrected chi connectivity index (χ0v) is 15.3. The van der Waals surface area contributed by atoms with Crippen molar-refractivity contribution in [1.82, 2.24) is 10.6 Å². The Bertz CT molecular complexity index is 889. The molecule has 1 heterocycles. The van der Waals surface area contributed by atoms with Crippen LogP contribution in [0.3, 0.4) is 0 Å². The van der Waals surface area contributed by atoms with Crippen molar-refractivity contribution in [2.24, 2.45) is 0 Å².